The lowest BCUT2D eigenvalue weighted by Gasteiger charge is -2.09. The van der Waals surface area contributed by atoms with E-state index < -0.39 is 23.4 Å². The molecular formula is C16H14F3N4O5+. The quantitative estimate of drug-likeness (QED) is 0.510. The standard InChI is InChI=1S/C16H13F3N4O5/c1-22-12-11(13(24)23(15(22)25)6-10-7-26-10)20-14(21-12)27-8-3-2-4-9(5-8)28-16(17,18)19/h2-5,10H,6-7H2,1H3,(H,20,21)/p+1. The van der Waals surface area contributed by atoms with Gasteiger partial charge in [0.15, 0.2) is 11.2 Å². The van der Waals surface area contributed by atoms with E-state index in [0.717, 1.165) is 16.7 Å². The molecule has 0 amide bonds. The predicted molar refractivity (Wildman–Crippen MR) is 89.7 cm³/mol. The third kappa shape index (κ3) is 3.58. The Labute approximate surface area is 153 Å². The van der Waals surface area contributed by atoms with Crippen molar-refractivity contribution in [3.8, 4) is 17.5 Å². The first-order valence-corrected chi connectivity index (χ1v) is 8.11. The van der Waals surface area contributed by atoms with Crippen LogP contribution >= 0.6 is 0 Å². The van der Waals surface area contributed by atoms with Crippen molar-refractivity contribution >= 4 is 11.2 Å². The molecule has 148 valence electrons. The Morgan fingerprint density at radius 1 is 1.32 bits per heavy atom. The maximum atomic E-state index is 12.6. The van der Waals surface area contributed by atoms with Crippen LogP contribution in [0.3, 0.4) is 0 Å². The van der Waals surface area contributed by atoms with Crippen LogP contribution < -0.4 is 20.7 Å². The molecule has 1 aliphatic heterocycles. The number of epoxide rings is 1. The number of aliphatic hydroxyl groups is 2. The lowest BCUT2D eigenvalue weighted by molar-refractivity contribution is -0.274. The molecule has 9 nitrogen and oxygen atoms in total. The van der Waals surface area contributed by atoms with Gasteiger partial charge in [-0.05, 0) is 12.1 Å². The highest BCUT2D eigenvalue weighted by Crippen LogP contribution is 2.28. The topological polar surface area (TPSA) is 104 Å². The lowest BCUT2D eigenvalue weighted by atomic mass is 10.3. The van der Waals surface area contributed by atoms with Crippen molar-refractivity contribution < 1.29 is 27.4 Å². The fourth-order valence-electron chi connectivity index (χ4n) is 2.68. The number of aryl methyl sites for hydroxylation is 1. The second kappa shape index (κ2) is 6.41. The van der Waals surface area contributed by atoms with Gasteiger partial charge in [0, 0.05) is 13.1 Å². The summed E-state index contributed by atoms with van der Waals surface area (Å²) in [5.74, 6) is -0.466. The number of hydrogen-bond acceptors (Lipinski definition) is 5. The molecule has 1 fully saturated rings. The third-order valence-corrected chi connectivity index (χ3v) is 4.05. The smallest absolute Gasteiger partial charge is 0.425 e. The molecule has 12 heteroatoms. The minimum absolute atomic E-state index is 0.00270. The van der Waals surface area contributed by atoms with Crippen molar-refractivity contribution in [1.29, 1.82) is 0 Å². The van der Waals surface area contributed by atoms with Gasteiger partial charge in [-0.1, -0.05) is 6.07 Å². The molecule has 28 heavy (non-hydrogen) atoms. The van der Waals surface area contributed by atoms with Gasteiger partial charge in [-0.3, -0.25) is 9.36 Å². The zero-order valence-electron chi connectivity index (χ0n) is 14.4. The molecule has 3 heterocycles. The van der Waals surface area contributed by atoms with Gasteiger partial charge in [-0.25, -0.2) is 9.36 Å². The summed E-state index contributed by atoms with van der Waals surface area (Å²) in [5, 5.41) is 0. The highest BCUT2D eigenvalue weighted by atomic mass is 19.4. The molecule has 0 bridgehead atoms. The molecule has 2 aromatic heterocycles. The zero-order valence-corrected chi connectivity index (χ0v) is 14.4. The van der Waals surface area contributed by atoms with Gasteiger partial charge >= 0.3 is 18.1 Å². The van der Waals surface area contributed by atoms with Crippen LogP contribution in [-0.2, 0) is 13.6 Å². The van der Waals surface area contributed by atoms with Gasteiger partial charge < -0.3 is 19.2 Å². The Morgan fingerprint density at radius 3 is 2.71 bits per heavy atom. The first-order chi connectivity index (χ1) is 13.2. The molecule has 0 saturated carbocycles. The summed E-state index contributed by atoms with van der Waals surface area (Å²) in [5.41, 5.74) is -1.01. The second-order valence-corrected chi connectivity index (χ2v) is 6.14. The van der Waals surface area contributed by atoms with Crippen LogP contribution in [0.5, 0.6) is 17.5 Å². The molecule has 0 spiro atoms. The zero-order chi connectivity index (χ0) is 20.1. The summed E-state index contributed by atoms with van der Waals surface area (Å²) in [6.45, 7) is 0.773. The van der Waals surface area contributed by atoms with Crippen molar-refractivity contribution in [2.24, 2.45) is 7.05 Å². The van der Waals surface area contributed by atoms with Gasteiger partial charge in [-0.2, -0.15) is 4.98 Å². The molecule has 4 rings (SSSR count). The van der Waals surface area contributed by atoms with E-state index in [1.54, 1.807) is 0 Å². The van der Waals surface area contributed by atoms with Crippen LogP contribution in [0, 0.1) is 0 Å². The van der Waals surface area contributed by atoms with Crippen molar-refractivity contribution in [2.75, 3.05) is 6.61 Å². The number of alkyl halides is 3. The normalized spacial score (nSPS) is 16.4. The number of fused-ring (bicyclic) bond motifs is 1. The van der Waals surface area contributed by atoms with Crippen LogP contribution in [0.4, 0.5) is 13.2 Å². The average Bonchev–Trinajstić information content (AvgIpc) is 3.33. The van der Waals surface area contributed by atoms with Gasteiger partial charge in [0.25, 0.3) is 5.56 Å². The fraction of sp³-hybridized carbons (Fsp3) is 0.312. The number of aromatic amines is 1. The third-order valence-electron chi connectivity index (χ3n) is 4.05. The van der Waals surface area contributed by atoms with E-state index in [4.69, 9.17) is 4.74 Å². The van der Waals surface area contributed by atoms with Crippen LogP contribution in [0.1, 0.15) is 0 Å². The molecule has 0 aliphatic carbocycles. The monoisotopic (exact) mass is 399 g/mol. The number of benzene rings is 1. The molecule has 0 radical (unpaired) electrons. The van der Waals surface area contributed by atoms with Crippen molar-refractivity contribution in [1.82, 2.24) is 19.1 Å². The Bertz CT molecular complexity index is 1160. The van der Waals surface area contributed by atoms with Crippen molar-refractivity contribution in [3.63, 3.8) is 0 Å². The van der Waals surface area contributed by atoms with Gasteiger partial charge in [0.2, 0.25) is 12.7 Å². The molecule has 1 unspecified atom stereocenters. The molecule has 1 aliphatic rings. The van der Waals surface area contributed by atoms with E-state index >= 15 is 0 Å². The number of nitrogens with one attached hydrogen (secondary N) is 1. The number of ether oxygens (including phenoxy) is 3. The molecular weight excluding hydrogens is 385 g/mol. The summed E-state index contributed by atoms with van der Waals surface area (Å²) < 4.78 is 52.5. The van der Waals surface area contributed by atoms with Crippen LogP contribution in [0.2, 0.25) is 0 Å². The van der Waals surface area contributed by atoms with E-state index in [2.05, 4.69) is 19.4 Å². The number of hydrogen-bond donors (Lipinski definition) is 1. The van der Waals surface area contributed by atoms with Gasteiger partial charge in [-0.15, -0.1) is 13.2 Å². The first kappa shape index (κ1) is 18.1. The Kier molecular flexibility index (Phi) is 4.14. The predicted octanol–water partition coefficient (Wildman–Crippen LogP) is 1.02. The van der Waals surface area contributed by atoms with Crippen LogP contribution in [0.25, 0.3) is 11.2 Å². The Morgan fingerprint density at radius 2 is 2.04 bits per heavy atom. The maximum absolute atomic E-state index is 12.6. The van der Waals surface area contributed by atoms with Crippen molar-refractivity contribution in [3.05, 3.63) is 45.1 Å². The minimum atomic E-state index is -4.84. The summed E-state index contributed by atoms with van der Waals surface area (Å²) in [6.07, 6.45) is -4.90. The second-order valence-electron chi connectivity index (χ2n) is 6.14. The first-order valence-electron chi connectivity index (χ1n) is 8.11. The Balaban J connectivity index is 1.68. The molecule has 3 aromatic rings. The molecule has 1 saturated heterocycles. The maximum Gasteiger partial charge on any atom is 0.573 e. The highest BCUT2D eigenvalue weighted by Gasteiger charge is 2.33. The number of H-pyrrole nitrogens is 1. The fourth-order valence-corrected chi connectivity index (χ4v) is 2.68. The van der Waals surface area contributed by atoms with E-state index in [-0.39, 0.29) is 35.6 Å². The number of nitrogens with zero attached hydrogens (tertiary/aromatic N) is 3. The molecule has 2 N–H and O–H groups in total. The number of rotatable bonds is 5. The summed E-state index contributed by atoms with van der Waals surface area (Å²) in [4.78, 5) is 31.7. The average molecular weight is 399 g/mol. The van der Waals surface area contributed by atoms with E-state index in [0.29, 0.717) is 6.61 Å². The summed E-state index contributed by atoms with van der Waals surface area (Å²) >= 11 is 0. The van der Waals surface area contributed by atoms with Crippen LogP contribution in [0.15, 0.2) is 33.9 Å². The molecule has 1 atom stereocenters. The highest BCUT2D eigenvalue weighted by molar-refractivity contribution is 5.70. The van der Waals surface area contributed by atoms with E-state index in [1.807, 2.05) is 0 Å². The van der Waals surface area contributed by atoms with E-state index in [9.17, 15) is 22.8 Å². The van der Waals surface area contributed by atoms with Gasteiger partial charge in [0.1, 0.15) is 18.0 Å². The number of halogens is 3. The van der Waals surface area contributed by atoms with Gasteiger partial charge in [0.05, 0.1) is 0 Å². The number of aromatic nitrogens is 4. The lowest BCUT2D eigenvalue weighted by Crippen LogP contribution is -2.40. The van der Waals surface area contributed by atoms with E-state index in [1.165, 1.54) is 23.7 Å². The van der Waals surface area contributed by atoms with Crippen LogP contribution in [-0.4, -0.2) is 42.9 Å². The summed E-state index contributed by atoms with van der Waals surface area (Å²) in [7, 11) is 1.45. The SMILES string of the molecule is Cn1c(=O)n(CC2C[OH+]2)c(=O)c2[nH]c(Oc3cccc(OC(F)(F)F)c3)nc21. The molecule has 1 aromatic carbocycles. The number of imidazole rings is 1. The Hall–Kier alpha value is -3.28. The minimum Gasteiger partial charge on any atom is -0.425 e. The summed E-state index contributed by atoms with van der Waals surface area (Å²) in [6, 6.07) is 4.68. The largest absolute Gasteiger partial charge is 0.573 e. The van der Waals surface area contributed by atoms with Crippen molar-refractivity contribution in [2.45, 2.75) is 19.0 Å².